The molecule has 0 radical (unpaired) electrons. The Hall–Kier alpha value is -2.70. The molecule has 2 aliphatic heterocycles. The molecule has 0 aromatic heterocycles. The van der Waals surface area contributed by atoms with Crippen molar-refractivity contribution >= 4 is 23.2 Å². The summed E-state index contributed by atoms with van der Waals surface area (Å²) in [7, 11) is 0. The fourth-order valence-corrected chi connectivity index (χ4v) is 4.06. The maximum atomic E-state index is 12.6. The predicted octanol–water partition coefficient (Wildman–Crippen LogP) is 2.57. The van der Waals surface area contributed by atoms with Crippen LogP contribution in [0.1, 0.15) is 18.4 Å². The van der Waals surface area contributed by atoms with E-state index in [-0.39, 0.29) is 11.8 Å². The molecule has 2 amide bonds. The number of para-hydroxylation sites is 2. The molecule has 29 heavy (non-hydrogen) atoms. The van der Waals surface area contributed by atoms with E-state index < -0.39 is 0 Å². The lowest BCUT2D eigenvalue weighted by Gasteiger charge is -2.34. The van der Waals surface area contributed by atoms with Gasteiger partial charge in [0.05, 0.1) is 17.9 Å². The molecule has 2 saturated heterocycles. The summed E-state index contributed by atoms with van der Waals surface area (Å²) in [5.41, 5.74) is 2.85. The minimum atomic E-state index is -0.0272. The number of nitrogens with zero attached hydrogens (tertiary/aromatic N) is 3. The average molecular weight is 393 g/mol. The monoisotopic (exact) mass is 392 g/mol. The zero-order valence-corrected chi connectivity index (χ0v) is 16.7. The van der Waals surface area contributed by atoms with Crippen molar-refractivity contribution in [2.24, 2.45) is 0 Å². The Morgan fingerprint density at radius 1 is 0.862 bits per heavy atom. The van der Waals surface area contributed by atoms with Crippen LogP contribution in [0.15, 0.2) is 54.6 Å². The second-order valence-electron chi connectivity index (χ2n) is 7.75. The number of carbonyl (C=O) groups excluding carboxylic acids is 2. The van der Waals surface area contributed by atoms with Gasteiger partial charge in [0.15, 0.2) is 0 Å². The van der Waals surface area contributed by atoms with Crippen LogP contribution < -0.4 is 10.2 Å². The predicted molar refractivity (Wildman–Crippen MR) is 115 cm³/mol. The van der Waals surface area contributed by atoms with Gasteiger partial charge >= 0.3 is 0 Å². The molecule has 0 unspecified atom stereocenters. The van der Waals surface area contributed by atoms with E-state index in [4.69, 9.17) is 0 Å². The van der Waals surface area contributed by atoms with E-state index in [1.165, 1.54) is 5.56 Å². The third kappa shape index (κ3) is 5.02. The lowest BCUT2D eigenvalue weighted by atomic mass is 10.2. The Morgan fingerprint density at radius 2 is 1.55 bits per heavy atom. The molecule has 2 heterocycles. The summed E-state index contributed by atoms with van der Waals surface area (Å²) in [6.07, 6.45) is 1.45. The van der Waals surface area contributed by atoms with Crippen molar-refractivity contribution in [3.05, 3.63) is 60.2 Å². The fraction of sp³-hybridized carbons (Fsp3) is 0.391. The SMILES string of the molecule is O=C(CN1CCN(Cc2ccccc2)CC1)Nc1ccccc1N1CCCC1=O. The largest absolute Gasteiger partial charge is 0.323 e. The van der Waals surface area contributed by atoms with E-state index >= 15 is 0 Å². The van der Waals surface area contributed by atoms with Gasteiger partial charge in [-0.1, -0.05) is 42.5 Å². The van der Waals surface area contributed by atoms with Crippen LogP contribution in [0, 0.1) is 0 Å². The van der Waals surface area contributed by atoms with Gasteiger partial charge in [-0.2, -0.15) is 0 Å². The molecule has 2 aromatic carbocycles. The maximum absolute atomic E-state index is 12.6. The normalized spacial score (nSPS) is 18.2. The van der Waals surface area contributed by atoms with E-state index in [1.54, 1.807) is 4.90 Å². The van der Waals surface area contributed by atoms with Gasteiger partial charge in [-0.25, -0.2) is 0 Å². The molecule has 0 spiro atoms. The highest BCUT2D eigenvalue weighted by atomic mass is 16.2. The van der Waals surface area contributed by atoms with Gasteiger partial charge in [0.1, 0.15) is 0 Å². The van der Waals surface area contributed by atoms with Crippen LogP contribution in [0.2, 0.25) is 0 Å². The average Bonchev–Trinajstić information content (AvgIpc) is 3.16. The lowest BCUT2D eigenvalue weighted by Crippen LogP contribution is -2.48. The highest BCUT2D eigenvalue weighted by molar-refractivity contribution is 6.02. The summed E-state index contributed by atoms with van der Waals surface area (Å²) in [6.45, 7) is 5.73. The number of hydrogen-bond donors (Lipinski definition) is 1. The zero-order chi connectivity index (χ0) is 20.1. The molecule has 6 heteroatoms. The standard InChI is InChI=1S/C23H28N4O2/c28-22(24-20-9-4-5-10-21(20)27-12-6-11-23(27)29)18-26-15-13-25(14-16-26)17-19-7-2-1-3-8-19/h1-5,7-10H,6,11-18H2,(H,24,28). The van der Waals surface area contributed by atoms with Gasteiger partial charge < -0.3 is 10.2 Å². The summed E-state index contributed by atoms with van der Waals surface area (Å²) < 4.78 is 0. The fourth-order valence-electron chi connectivity index (χ4n) is 4.06. The molecule has 0 atom stereocenters. The van der Waals surface area contributed by atoms with Crippen molar-refractivity contribution in [3.63, 3.8) is 0 Å². The summed E-state index contributed by atoms with van der Waals surface area (Å²) in [4.78, 5) is 31.1. The van der Waals surface area contributed by atoms with Gasteiger partial charge in [-0.15, -0.1) is 0 Å². The molecule has 152 valence electrons. The number of hydrogen-bond acceptors (Lipinski definition) is 4. The van der Waals surface area contributed by atoms with Crippen LogP contribution in [-0.2, 0) is 16.1 Å². The number of piperazine rings is 1. The molecule has 4 rings (SSSR count). The topological polar surface area (TPSA) is 55.9 Å². The Kier molecular flexibility index (Phi) is 6.22. The van der Waals surface area contributed by atoms with E-state index in [0.717, 1.165) is 57.1 Å². The summed E-state index contributed by atoms with van der Waals surface area (Å²) in [5.74, 6) is 0.0989. The molecular formula is C23H28N4O2. The second-order valence-corrected chi connectivity index (χ2v) is 7.75. The smallest absolute Gasteiger partial charge is 0.238 e. The van der Waals surface area contributed by atoms with Crippen molar-refractivity contribution in [2.45, 2.75) is 19.4 Å². The van der Waals surface area contributed by atoms with Gasteiger partial charge in [0.25, 0.3) is 0 Å². The van der Waals surface area contributed by atoms with E-state index in [0.29, 0.717) is 13.0 Å². The highest BCUT2D eigenvalue weighted by Gasteiger charge is 2.25. The van der Waals surface area contributed by atoms with Crippen LogP contribution in [0.4, 0.5) is 11.4 Å². The van der Waals surface area contributed by atoms with Crippen LogP contribution >= 0.6 is 0 Å². The molecule has 1 N–H and O–H groups in total. The Bertz CT molecular complexity index is 847. The molecule has 2 aromatic rings. The third-order valence-corrected chi connectivity index (χ3v) is 5.62. The second kappa shape index (κ2) is 9.20. The zero-order valence-electron chi connectivity index (χ0n) is 16.7. The number of nitrogens with one attached hydrogen (secondary N) is 1. The Morgan fingerprint density at radius 3 is 2.28 bits per heavy atom. The van der Waals surface area contributed by atoms with Crippen molar-refractivity contribution in [1.82, 2.24) is 9.80 Å². The first kappa shape index (κ1) is 19.6. The van der Waals surface area contributed by atoms with Crippen LogP contribution in [-0.4, -0.2) is 60.9 Å². The molecule has 0 aliphatic carbocycles. The third-order valence-electron chi connectivity index (χ3n) is 5.62. The van der Waals surface area contributed by atoms with Crippen LogP contribution in [0.3, 0.4) is 0 Å². The number of rotatable bonds is 6. The van der Waals surface area contributed by atoms with Crippen LogP contribution in [0.5, 0.6) is 0 Å². The van der Waals surface area contributed by atoms with Crippen molar-refractivity contribution in [1.29, 1.82) is 0 Å². The number of benzene rings is 2. The van der Waals surface area contributed by atoms with Crippen molar-refractivity contribution in [2.75, 3.05) is 49.5 Å². The van der Waals surface area contributed by atoms with Gasteiger partial charge in [-0.3, -0.25) is 19.4 Å². The van der Waals surface area contributed by atoms with Gasteiger partial charge in [0.2, 0.25) is 11.8 Å². The summed E-state index contributed by atoms with van der Waals surface area (Å²) in [5, 5.41) is 3.02. The van der Waals surface area contributed by atoms with E-state index in [1.807, 2.05) is 30.3 Å². The van der Waals surface area contributed by atoms with E-state index in [9.17, 15) is 9.59 Å². The van der Waals surface area contributed by atoms with Gasteiger partial charge in [-0.05, 0) is 24.1 Å². The molecule has 2 fully saturated rings. The molecule has 0 bridgehead atoms. The van der Waals surface area contributed by atoms with Crippen molar-refractivity contribution in [3.8, 4) is 0 Å². The minimum absolute atomic E-state index is 0.0272. The summed E-state index contributed by atoms with van der Waals surface area (Å²) in [6, 6.07) is 18.1. The number of anilines is 2. The quantitative estimate of drug-likeness (QED) is 0.821. The van der Waals surface area contributed by atoms with E-state index in [2.05, 4.69) is 39.4 Å². The molecule has 0 saturated carbocycles. The van der Waals surface area contributed by atoms with Gasteiger partial charge in [0, 0.05) is 45.7 Å². The Labute approximate surface area is 172 Å². The first-order valence-corrected chi connectivity index (χ1v) is 10.4. The minimum Gasteiger partial charge on any atom is -0.323 e. The van der Waals surface area contributed by atoms with Crippen LogP contribution in [0.25, 0.3) is 0 Å². The van der Waals surface area contributed by atoms with Crippen molar-refractivity contribution < 1.29 is 9.59 Å². The molecule has 6 nitrogen and oxygen atoms in total. The molecular weight excluding hydrogens is 364 g/mol. The maximum Gasteiger partial charge on any atom is 0.238 e. The summed E-state index contributed by atoms with van der Waals surface area (Å²) >= 11 is 0. The highest BCUT2D eigenvalue weighted by Crippen LogP contribution is 2.29. The lowest BCUT2D eigenvalue weighted by molar-refractivity contribution is -0.118. The number of amides is 2. The first-order valence-electron chi connectivity index (χ1n) is 10.4. The number of carbonyl (C=O) groups is 2. The molecule has 2 aliphatic rings. The Balaban J connectivity index is 1.28. The first-order chi connectivity index (χ1) is 14.2.